The number of benzene rings is 1. The second-order valence-corrected chi connectivity index (χ2v) is 6.48. The van der Waals surface area contributed by atoms with Crippen LogP contribution < -0.4 is 5.32 Å². The molecule has 25 heavy (non-hydrogen) atoms. The standard InChI is InChI=1S/C20H20N4O/c1-13-17(8-10-18(22-13)14-5-3-2-4-6-14)20(25)23-16-7-9-19-15(11-16)12-21-24-19/h2-6,8,10,12,16H,7,9,11H2,1H3,(H,21,24)(H,23,25)/t16-/m1/s1. The van der Waals surface area contributed by atoms with Crippen LogP contribution in [-0.2, 0) is 12.8 Å². The van der Waals surface area contributed by atoms with E-state index in [1.807, 2.05) is 55.6 Å². The predicted octanol–water partition coefficient (Wildman–Crippen LogP) is 3.07. The summed E-state index contributed by atoms with van der Waals surface area (Å²) in [4.78, 5) is 17.3. The van der Waals surface area contributed by atoms with Gasteiger partial charge in [-0.3, -0.25) is 14.9 Å². The molecule has 126 valence electrons. The van der Waals surface area contributed by atoms with Gasteiger partial charge in [0.2, 0.25) is 0 Å². The molecule has 1 aliphatic carbocycles. The zero-order valence-corrected chi connectivity index (χ0v) is 14.1. The summed E-state index contributed by atoms with van der Waals surface area (Å²) in [6, 6.07) is 13.9. The first-order valence-electron chi connectivity index (χ1n) is 8.56. The topological polar surface area (TPSA) is 70.7 Å². The van der Waals surface area contributed by atoms with Crippen LogP contribution in [0, 0.1) is 6.92 Å². The average molecular weight is 332 g/mol. The molecular formula is C20H20N4O. The van der Waals surface area contributed by atoms with Crippen molar-refractivity contribution >= 4 is 5.91 Å². The lowest BCUT2D eigenvalue weighted by atomic mass is 9.93. The number of fused-ring (bicyclic) bond motifs is 1. The summed E-state index contributed by atoms with van der Waals surface area (Å²) in [5, 5.41) is 10.2. The van der Waals surface area contributed by atoms with Crippen molar-refractivity contribution in [3.63, 3.8) is 0 Å². The number of carbonyl (C=O) groups excluding carboxylic acids is 1. The molecule has 0 bridgehead atoms. The van der Waals surface area contributed by atoms with Crippen LogP contribution in [-0.4, -0.2) is 27.1 Å². The Hall–Kier alpha value is -2.95. The molecule has 5 heteroatoms. The molecular weight excluding hydrogens is 312 g/mol. The minimum atomic E-state index is -0.0541. The summed E-state index contributed by atoms with van der Waals surface area (Å²) in [5.74, 6) is -0.0541. The Bertz CT molecular complexity index is 901. The highest BCUT2D eigenvalue weighted by atomic mass is 16.1. The summed E-state index contributed by atoms with van der Waals surface area (Å²) in [7, 11) is 0. The number of pyridine rings is 1. The normalized spacial score (nSPS) is 16.3. The largest absolute Gasteiger partial charge is 0.349 e. The average Bonchev–Trinajstić information content (AvgIpc) is 3.10. The van der Waals surface area contributed by atoms with Gasteiger partial charge in [-0.1, -0.05) is 30.3 Å². The van der Waals surface area contributed by atoms with Crippen LogP contribution >= 0.6 is 0 Å². The first kappa shape index (κ1) is 15.6. The van der Waals surface area contributed by atoms with Gasteiger partial charge in [0, 0.05) is 17.3 Å². The Morgan fingerprint density at radius 3 is 2.84 bits per heavy atom. The molecule has 5 nitrogen and oxygen atoms in total. The van der Waals surface area contributed by atoms with Gasteiger partial charge in [0.1, 0.15) is 0 Å². The smallest absolute Gasteiger partial charge is 0.253 e. The van der Waals surface area contributed by atoms with Gasteiger partial charge in [-0.05, 0) is 43.9 Å². The van der Waals surface area contributed by atoms with Crippen molar-refractivity contribution in [2.75, 3.05) is 0 Å². The fraction of sp³-hybridized carbons (Fsp3) is 0.250. The number of rotatable bonds is 3. The Morgan fingerprint density at radius 2 is 2.04 bits per heavy atom. The van der Waals surface area contributed by atoms with Crippen molar-refractivity contribution in [3.8, 4) is 11.3 Å². The van der Waals surface area contributed by atoms with Crippen molar-refractivity contribution < 1.29 is 4.79 Å². The second-order valence-electron chi connectivity index (χ2n) is 6.48. The highest BCUT2D eigenvalue weighted by molar-refractivity contribution is 5.95. The van der Waals surface area contributed by atoms with E-state index in [4.69, 9.17) is 0 Å². The number of hydrogen-bond acceptors (Lipinski definition) is 3. The van der Waals surface area contributed by atoms with Crippen molar-refractivity contribution in [2.24, 2.45) is 0 Å². The number of nitrogens with zero attached hydrogens (tertiary/aromatic N) is 2. The van der Waals surface area contributed by atoms with Crippen molar-refractivity contribution in [1.82, 2.24) is 20.5 Å². The molecule has 3 aromatic rings. The van der Waals surface area contributed by atoms with Gasteiger partial charge in [0.25, 0.3) is 5.91 Å². The lowest BCUT2D eigenvalue weighted by Crippen LogP contribution is -2.39. The number of aryl methyl sites for hydroxylation is 2. The molecule has 0 radical (unpaired) electrons. The fourth-order valence-electron chi connectivity index (χ4n) is 3.37. The molecule has 1 atom stereocenters. The van der Waals surface area contributed by atoms with E-state index in [1.165, 1.54) is 11.3 Å². The zero-order chi connectivity index (χ0) is 17.2. The maximum absolute atomic E-state index is 12.7. The Morgan fingerprint density at radius 1 is 1.20 bits per heavy atom. The number of aromatic nitrogens is 3. The Kier molecular flexibility index (Phi) is 4.06. The van der Waals surface area contributed by atoms with E-state index >= 15 is 0 Å². The minimum Gasteiger partial charge on any atom is -0.349 e. The molecule has 0 saturated carbocycles. The van der Waals surface area contributed by atoms with Gasteiger partial charge in [-0.2, -0.15) is 5.10 Å². The molecule has 2 heterocycles. The molecule has 0 fully saturated rings. The second kappa shape index (κ2) is 6.51. The highest BCUT2D eigenvalue weighted by Gasteiger charge is 2.22. The summed E-state index contributed by atoms with van der Waals surface area (Å²) < 4.78 is 0. The van der Waals surface area contributed by atoms with Crippen LogP contribution in [0.1, 0.15) is 33.7 Å². The van der Waals surface area contributed by atoms with E-state index in [2.05, 4.69) is 20.5 Å². The summed E-state index contributed by atoms with van der Waals surface area (Å²) in [6.07, 6.45) is 4.53. The number of aromatic amines is 1. The van der Waals surface area contributed by atoms with Gasteiger partial charge in [0.05, 0.1) is 23.1 Å². The molecule has 2 aromatic heterocycles. The van der Waals surface area contributed by atoms with Gasteiger partial charge in [-0.15, -0.1) is 0 Å². The Balaban J connectivity index is 1.49. The van der Waals surface area contributed by atoms with Crippen LogP contribution in [0.5, 0.6) is 0 Å². The molecule has 0 aliphatic heterocycles. The number of H-pyrrole nitrogens is 1. The third-order valence-corrected chi connectivity index (χ3v) is 4.75. The lowest BCUT2D eigenvalue weighted by Gasteiger charge is -2.23. The maximum Gasteiger partial charge on any atom is 0.253 e. The third kappa shape index (κ3) is 3.18. The maximum atomic E-state index is 12.7. The quantitative estimate of drug-likeness (QED) is 0.774. The summed E-state index contributed by atoms with van der Waals surface area (Å²) >= 11 is 0. The molecule has 2 N–H and O–H groups in total. The SMILES string of the molecule is Cc1nc(-c2ccccc2)ccc1C(=O)N[C@@H]1CCc2[nH]ncc2C1. The summed E-state index contributed by atoms with van der Waals surface area (Å²) in [5.41, 5.74) is 5.71. The monoisotopic (exact) mass is 332 g/mol. The first-order chi connectivity index (χ1) is 12.2. The van der Waals surface area contributed by atoms with Crippen LogP contribution in [0.3, 0.4) is 0 Å². The van der Waals surface area contributed by atoms with E-state index in [-0.39, 0.29) is 11.9 Å². The zero-order valence-electron chi connectivity index (χ0n) is 14.1. The predicted molar refractivity (Wildman–Crippen MR) is 96.3 cm³/mol. The van der Waals surface area contributed by atoms with Crippen molar-refractivity contribution in [3.05, 3.63) is 71.2 Å². The van der Waals surface area contributed by atoms with Gasteiger partial charge in [-0.25, -0.2) is 0 Å². The summed E-state index contributed by atoms with van der Waals surface area (Å²) in [6.45, 7) is 1.89. The lowest BCUT2D eigenvalue weighted by molar-refractivity contribution is 0.0932. The number of amides is 1. The number of nitrogens with one attached hydrogen (secondary N) is 2. The van der Waals surface area contributed by atoms with Gasteiger partial charge in [0.15, 0.2) is 0 Å². The van der Waals surface area contributed by atoms with E-state index in [0.717, 1.165) is 36.2 Å². The molecule has 0 spiro atoms. The number of carbonyl (C=O) groups is 1. The van der Waals surface area contributed by atoms with E-state index in [0.29, 0.717) is 5.56 Å². The Labute approximate surface area is 146 Å². The number of hydrogen-bond donors (Lipinski definition) is 2. The minimum absolute atomic E-state index is 0.0541. The van der Waals surface area contributed by atoms with E-state index < -0.39 is 0 Å². The van der Waals surface area contributed by atoms with Gasteiger partial charge >= 0.3 is 0 Å². The first-order valence-corrected chi connectivity index (χ1v) is 8.56. The highest BCUT2D eigenvalue weighted by Crippen LogP contribution is 2.21. The molecule has 1 aromatic carbocycles. The van der Waals surface area contributed by atoms with Crippen LogP contribution in [0.2, 0.25) is 0 Å². The molecule has 4 rings (SSSR count). The molecule has 0 saturated heterocycles. The molecule has 1 aliphatic rings. The van der Waals surface area contributed by atoms with Crippen molar-refractivity contribution in [1.29, 1.82) is 0 Å². The van der Waals surface area contributed by atoms with E-state index in [1.54, 1.807) is 0 Å². The molecule has 0 unspecified atom stereocenters. The van der Waals surface area contributed by atoms with Gasteiger partial charge < -0.3 is 5.32 Å². The van der Waals surface area contributed by atoms with Crippen LogP contribution in [0.25, 0.3) is 11.3 Å². The molecule has 1 amide bonds. The van der Waals surface area contributed by atoms with Crippen LogP contribution in [0.4, 0.5) is 0 Å². The van der Waals surface area contributed by atoms with E-state index in [9.17, 15) is 4.79 Å². The fourth-order valence-corrected chi connectivity index (χ4v) is 3.37. The van der Waals surface area contributed by atoms with Crippen LogP contribution in [0.15, 0.2) is 48.7 Å². The third-order valence-electron chi connectivity index (χ3n) is 4.75. The van der Waals surface area contributed by atoms with Crippen molar-refractivity contribution in [2.45, 2.75) is 32.2 Å².